The van der Waals surface area contributed by atoms with Gasteiger partial charge in [0, 0.05) is 6.54 Å². The summed E-state index contributed by atoms with van der Waals surface area (Å²) in [4.78, 5) is 0. The Morgan fingerprint density at radius 2 is 1.90 bits per heavy atom. The van der Waals surface area contributed by atoms with Gasteiger partial charge in [0.25, 0.3) is 0 Å². The van der Waals surface area contributed by atoms with Crippen molar-refractivity contribution < 1.29 is 9.13 Å². The number of anilines is 1. The third-order valence-corrected chi connectivity index (χ3v) is 3.32. The smallest absolute Gasteiger partial charge is 0.142 e. The van der Waals surface area contributed by atoms with Crippen molar-refractivity contribution in [3.05, 3.63) is 58.9 Å². The first-order valence-corrected chi connectivity index (χ1v) is 7.32. The van der Waals surface area contributed by atoms with E-state index in [1.165, 1.54) is 0 Å². The van der Waals surface area contributed by atoms with Gasteiger partial charge in [-0.25, -0.2) is 4.39 Å². The molecular weight excluding hydrogens is 265 g/mol. The Morgan fingerprint density at radius 3 is 2.62 bits per heavy atom. The van der Waals surface area contributed by atoms with E-state index in [1.807, 2.05) is 31.2 Å². The van der Waals surface area contributed by atoms with E-state index < -0.39 is 0 Å². The second-order valence-corrected chi connectivity index (χ2v) is 5.29. The van der Waals surface area contributed by atoms with Gasteiger partial charge in [-0.2, -0.15) is 0 Å². The first-order chi connectivity index (χ1) is 10.1. The lowest BCUT2D eigenvalue weighted by Gasteiger charge is -2.14. The van der Waals surface area contributed by atoms with Crippen molar-refractivity contribution in [2.75, 3.05) is 11.9 Å². The van der Waals surface area contributed by atoms with Gasteiger partial charge in [0.1, 0.15) is 11.6 Å². The number of rotatable bonds is 6. The van der Waals surface area contributed by atoms with E-state index in [2.05, 4.69) is 12.2 Å². The molecule has 0 bridgehead atoms. The molecular formula is C18H22FNO. The van der Waals surface area contributed by atoms with Gasteiger partial charge in [-0.05, 0) is 55.2 Å². The molecule has 2 nitrogen and oxygen atoms in total. The van der Waals surface area contributed by atoms with E-state index in [4.69, 9.17) is 4.74 Å². The van der Waals surface area contributed by atoms with Gasteiger partial charge in [-0.15, -0.1) is 0 Å². The predicted molar refractivity (Wildman–Crippen MR) is 85.4 cm³/mol. The molecule has 21 heavy (non-hydrogen) atoms. The average Bonchev–Trinajstić information content (AvgIpc) is 2.47. The summed E-state index contributed by atoms with van der Waals surface area (Å²) in [5, 5.41) is 3.32. The van der Waals surface area contributed by atoms with Crippen LogP contribution >= 0.6 is 0 Å². The fourth-order valence-electron chi connectivity index (χ4n) is 2.05. The molecule has 0 aliphatic rings. The Morgan fingerprint density at radius 1 is 1.10 bits per heavy atom. The molecule has 0 radical (unpaired) electrons. The number of aryl methyl sites for hydroxylation is 2. The van der Waals surface area contributed by atoms with Crippen LogP contribution in [0.2, 0.25) is 0 Å². The van der Waals surface area contributed by atoms with E-state index in [0.29, 0.717) is 18.7 Å². The van der Waals surface area contributed by atoms with E-state index >= 15 is 0 Å². The molecule has 112 valence electrons. The minimum Gasteiger partial charge on any atom is -0.491 e. The maximum absolute atomic E-state index is 13.6. The molecule has 0 saturated carbocycles. The van der Waals surface area contributed by atoms with Crippen molar-refractivity contribution >= 4 is 5.69 Å². The second kappa shape index (κ2) is 7.11. The quantitative estimate of drug-likeness (QED) is 0.820. The molecule has 0 aliphatic heterocycles. The number of benzene rings is 2. The molecule has 2 rings (SSSR count). The Hall–Kier alpha value is -2.03. The number of ether oxygens (including phenoxy) is 1. The van der Waals surface area contributed by atoms with Crippen molar-refractivity contribution in [3.8, 4) is 5.75 Å². The lowest BCUT2D eigenvalue weighted by Crippen LogP contribution is -2.04. The summed E-state index contributed by atoms with van der Waals surface area (Å²) in [7, 11) is 0. The second-order valence-electron chi connectivity index (χ2n) is 5.29. The van der Waals surface area contributed by atoms with Gasteiger partial charge in [0.05, 0.1) is 12.3 Å². The van der Waals surface area contributed by atoms with Gasteiger partial charge >= 0.3 is 0 Å². The van der Waals surface area contributed by atoms with Crippen LogP contribution in [0.5, 0.6) is 5.75 Å². The lowest BCUT2D eigenvalue weighted by atomic mass is 10.1. The van der Waals surface area contributed by atoms with Crippen LogP contribution in [0.3, 0.4) is 0 Å². The molecule has 2 aromatic rings. The highest BCUT2D eigenvalue weighted by molar-refractivity contribution is 5.57. The highest BCUT2D eigenvalue weighted by Gasteiger charge is 2.05. The molecule has 0 amide bonds. The zero-order valence-electron chi connectivity index (χ0n) is 12.9. The SMILES string of the molecule is CCCOc1cc(C)ccc1NCc1ccc(C)c(F)c1. The molecule has 2 aromatic carbocycles. The van der Waals surface area contributed by atoms with Crippen molar-refractivity contribution in [1.82, 2.24) is 0 Å². The van der Waals surface area contributed by atoms with Crippen LogP contribution in [-0.2, 0) is 6.54 Å². The first kappa shape index (κ1) is 15.4. The minimum atomic E-state index is -0.166. The maximum atomic E-state index is 13.6. The highest BCUT2D eigenvalue weighted by Crippen LogP contribution is 2.26. The monoisotopic (exact) mass is 287 g/mol. The molecule has 1 N–H and O–H groups in total. The number of halogens is 1. The summed E-state index contributed by atoms with van der Waals surface area (Å²) >= 11 is 0. The minimum absolute atomic E-state index is 0.166. The zero-order chi connectivity index (χ0) is 15.2. The number of nitrogens with one attached hydrogen (secondary N) is 1. The fraction of sp³-hybridized carbons (Fsp3) is 0.333. The van der Waals surface area contributed by atoms with Crippen LogP contribution in [0.1, 0.15) is 30.0 Å². The molecule has 0 saturated heterocycles. The molecule has 0 unspecified atom stereocenters. The van der Waals surface area contributed by atoms with E-state index in [1.54, 1.807) is 19.1 Å². The Bertz CT molecular complexity index is 610. The summed E-state index contributed by atoms with van der Waals surface area (Å²) < 4.78 is 19.3. The molecule has 0 aromatic heterocycles. The zero-order valence-corrected chi connectivity index (χ0v) is 12.9. The Labute approximate surface area is 126 Å². The molecule has 0 spiro atoms. The van der Waals surface area contributed by atoms with E-state index in [9.17, 15) is 4.39 Å². The molecule has 0 atom stereocenters. The topological polar surface area (TPSA) is 21.3 Å². The summed E-state index contributed by atoms with van der Waals surface area (Å²) in [6, 6.07) is 11.4. The Kier molecular flexibility index (Phi) is 5.20. The summed E-state index contributed by atoms with van der Waals surface area (Å²) in [5.74, 6) is 0.685. The van der Waals surface area contributed by atoms with Crippen LogP contribution in [-0.4, -0.2) is 6.61 Å². The van der Waals surface area contributed by atoms with Crippen molar-refractivity contribution in [2.24, 2.45) is 0 Å². The first-order valence-electron chi connectivity index (χ1n) is 7.32. The van der Waals surface area contributed by atoms with Crippen LogP contribution < -0.4 is 10.1 Å². The maximum Gasteiger partial charge on any atom is 0.142 e. The molecule has 0 aliphatic carbocycles. The fourth-order valence-corrected chi connectivity index (χ4v) is 2.05. The van der Waals surface area contributed by atoms with E-state index in [-0.39, 0.29) is 5.82 Å². The van der Waals surface area contributed by atoms with Crippen molar-refractivity contribution in [2.45, 2.75) is 33.7 Å². The molecule has 0 heterocycles. The number of hydrogen-bond donors (Lipinski definition) is 1. The summed E-state index contributed by atoms with van der Waals surface area (Å²) in [6.07, 6.45) is 0.969. The third-order valence-electron chi connectivity index (χ3n) is 3.32. The van der Waals surface area contributed by atoms with Gasteiger partial charge in [0.15, 0.2) is 0 Å². The van der Waals surface area contributed by atoms with Gasteiger partial charge in [-0.1, -0.05) is 25.1 Å². The standard InChI is InChI=1S/C18H22FNO/c1-4-9-21-18-10-13(2)5-8-17(18)20-12-15-7-6-14(3)16(19)11-15/h5-8,10-11,20H,4,9,12H2,1-3H3. The average molecular weight is 287 g/mol. The predicted octanol–water partition coefficient (Wildman–Crippen LogP) is 4.84. The van der Waals surface area contributed by atoms with Crippen LogP contribution in [0.4, 0.5) is 10.1 Å². The Balaban J connectivity index is 2.09. The van der Waals surface area contributed by atoms with Gasteiger partial charge in [-0.3, -0.25) is 0 Å². The third kappa shape index (κ3) is 4.22. The largest absolute Gasteiger partial charge is 0.491 e. The van der Waals surface area contributed by atoms with Crippen LogP contribution in [0, 0.1) is 19.7 Å². The summed E-state index contributed by atoms with van der Waals surface area (Å²) in [5.41, 5.74) is 3.68. The summed E-state index contributed by atoms with van der Waals surface area (Å²) in [6.45, 7) is 7.15. The lowest BCUT2D eigenvalue weighted by molar-refractivity contribution is 0.318. The van der Waals surface area contributed by atoms with Gasteiger partial charge < -0.3 is 10.1 Å². The molecule has 3 heteroatoms. The van der Waals surface area contributed by atoms with Crippen LogP contribution in [0.15, 0.2) is 36.4 Å². The number of hydrogen-bond acceptors (Lipinski definition) is 2. The van der Waals surface area contributed by atoms with Crippen molar-refractivity contribution in [1.29, 1.82) is 0 Å². The molecule has 0 fully saturated rings. The highest BCUT2D eigenvalue weighted by atomic mass is 19.1. The van der Waals surface area contributed by atoms with E-state index in [0.717, 1.165) is 29.0 Å². The van der Waals surface area contributed by atoms with Gasteiger partial charge in [0.2, 0.25) is 0 Å². The normalized spacial score (nSPS) is 10.5. The van der Waals surface area contributed by atoms with Crippen molar-refractivity contribution in [3.63, 3.8) is 0 Å². The van der Waals surface area contributed by atoms with Crippen LogP contribution in [0.25, 0.3) is 0 Å².